The molecular formula is C25H30N2O4S. The van der Waals surface area contributed by atoms with Crippen LogP contribution in [0.15, 0.2) is 71.6 Å². The molecular weight excluding hydrogens is 424 g/mol. The molecule has 0 unspecified atom stereocenters. The van der Waals surface area contributed by atoms with Crippen LogP contribution in [-0.4, -0.2) is 45.4 Å². The fraction of sp³-hybridized carbons (Fsp3) is 0.320. The number of nitrogens with one attached hydrogen (secondary N) is 1. The maximum absolute atomic E-state index is 12.8. The lowest BCUT2D eigenvalue weighted by atomic mass is 9.87. The van der Waals surface area contributed by atoms with Crippen LogP contribution in [0.3, 0.4) is 0 Å². The third-order valence-electron chi connectivity index (χ3n) is 5.21. The quantitative estimate of drug-likeness (QED) is 0.523. The van der Waals surface area contributed by atoms with Crippen molar-refractivity contribution in [3.8, 4) is 5.75 Å². The average Bonchev–Trinajstić information content (AvgIpc) is 2.76. The SMILES string of the molecule is CN(CC(=O)NCCOc1ccc(C(C)(C)C)cc1)S(=O)(=O)c1ccc2ccccc2c1. The zero-order valence-corrected chi connectivity index (χ0v) is 19.8. The highest BCUT2D eigenvalue weighted by Gasteiger charge is 2.23. The van der Waals surface area contributed by atoms with E-state index >= 15 is 0 Å². The zero-order chi connectivity index (χ0) is 23.4. The van der Waals surface area contributed by atoms with Gasteiger partial charge in [0.25, 0.3) is 0 Å². The van der Waals surface area contributed by atoms with E-state index in [4.69, 9.17) is 4.74 Å². The van der Waals surface area contributed by atoms with Crippen LogP contribution in [0.5, 0.6) is 5.75 Å². The summed E-state index contributed by atoms with van der Waals surface area (Å²) in [6.07, 6.45) is 0. The molecule has 7 heteroatoms. The molecule has 0 aliphatic carbocycles. The van der Waals surface area contributed by atoms with Crippen molar-refractivity contribution in [3.63, 3.8) is 0 Å². The number of carbonyl (C=O) groups excluding carboxylic acids is 1. The largest absolute Gasteiger partial charge is 0.492 e. The second kappa shape index (κ2) is 9.71. The number of sulfonamides is 1. The highest BCUT2D eigenvalue weighted by Crippen LogP contribution is 2.24. The van der Waals surface area contributed by atoms with Crippen molar-refractivity contribution in [3.05, 3.63) is 72.3 Å². The van der Waals surface area contributed by atoms with Crippen LogP contribution < -0.4 is 10.1 Å². The number of benzene rings is 3. The van der Waals surface area contributed by atoms with Gasteiger partial charge in [-0.3, -0.25) is 4.79 Å². The van der Waals surface area contributed by atoms with Crippen LogP contribution in [0.2, 0.25) is 0 Å². The van der Waals surface area contributed by atoms with Gasteiger partial charge in [0.1, 0.15) is 12.4 Å². The minimum Gasteiger partial charge on any atom is -0.492 e. The van der Waals surface area contributed by atoms with Crippen molar-refractivity contribution in [2.75, 3.05) is 26.7 Å². The lowest BCUT2D eigenvalue weighted by Gasteiger charge is -2.19. The van der Waals surface area contributed by atoms with Gasteiger partial charge < -0.3 is 10.1 Å². The number of fused-ring (bicyclic) bond motifs is 1. The van der Waals surface area contributed by atoms with Crippen molar-refractivity contribution in [2.45, 2.75) is 31.1 Å². The number of hydrogen-bond donors (Lipinski definition) is 1. The van der Waals surface area contributed by atoms with E-state index in [1.165, 1.54) is 12.6 Å². The highest BCUT2D eigenvalue weighted by molar-refractivity contribution is 7.89. The molecule has 3 aromatic rings. The molecule has 32 heavy (non-hydrogen) atoms. The van der Waals surface area contributed by atoms with E-state index < -0.39 is 10.0 Å². The molecule has 1 N–H and O–H groups in total. The number of nitrogens with zero attached hydrogens (tertiary/aromatic N) is 1. The molecule has 0 aromatic heterocycles. The van der Waals surface area contributed by atoms with Crippen LogP contribution in [0.4, 0.5) is 0 Å². The zero-order valence-electron chi connectivity index (χ0n) is 19.0. The molecule has 0 heterocycles. The average molecular weight is 455 g/mol. The van der Waals surface area contributed by atoms with Crippen LogP contribution >= 0.6 is 0 Å². The fourth-order valence-electron chi connectivity index (χ4n) is 3.26. The van der Waals surface area contributed by atoms with E-state index in [9.17, 15) is 13.2 Å². The van der Waals surface area contributed by atoms with E-state index in [1.54, 1.807) is 18.2 Å². The normalized spacial score (nSPS) is 12.2. The maximum Gasteiger partial charge on any atom is 0.243 e. The maximum atomic E-state index is 12.8. The number of rotatable bonds is 8. The van der Waals surface area contributed by atoms with Crippen molar-refractivity contribution in [1.82, 2.24) is 9.62 Å². The molecule has 0 fully saturated rings. The van der Waals surface area contributed by atoms with Crippen molar-refractivity contribution < 1.29 is 17.9 Å². The standard InChI is InChI=1S/C25H30N2O4S/c1-25(2,3)21-10-12-22(13-11-21)31-16-15-26-24(28)18-27(4)32(29,30)23-14-9-19-7-5-6-8-20(19)17-23/h5-14,17H,15-16,18H2,1-4H3,(H,26,28). The predicted molar refractivity (Wildman–Crippen MR) is 127 cm³/mol. The summed E-state index contributed by atoms with van der Waals surface area (Å²) in [6.45, 7) is 6.75. The van der Waals surface area contributed by atoms with Crippen LogP contribution in [0, 0.1) is 0 Å². The van der Waals surface area contributed by atoms with Gasteiger partial charge in [-0.05, 0) is 46.0 Å². The monoisotopic (exact) mass is 454 g/mol. The molecule has 6 nitrogen and oxygen atoms in total. The highest BCUT2D eigenvalue weighted by atomic mass is 32.2. The molecule has 170 valence electrons. The summed E-state index contributed by atoms with van der Waals surface area (Å²) in [5.74, 6) is 0.340. The molecule has 1 amide bonds. The Balaban J connectivity index is 1.49. The molecule has 0 saturated heterocycles. The summed E-state index contributed by atoms with van der Waals surface area (Å²) in [5.41, 5.74) is 1.29. The first-order valence-electron chi connectivity index (χ1n) is 10.5. The first-order valence-corrected chi connectivity index (χ1v) is 12.0. The van der Waals surface area contributed by atoms with Crippen molar-refractivity contribution in [1.29, 1.82) is 0 Å². The smallest absolute Gasteiger partial charge is 0.243 e. The van der Waals surface area contributed by atoms with Gasteiger partial charge in [-0.25, -0.2) is 8.42 Å². The van der Waals surface area contributed by atoms with E-state index in [-0.39, 0.29) is 29.3 Å². The van der Waals surface area contributed by atoms with Gasteiger partial charge in [-0.15, -0.1) is 0 Å². The van der Waals surface area contributed by atoms with E-state index in [2.05, 4.69) is 26.1 Å². The van der Waals surface area contributed by atoms with Crippen molar-refractivity contribution >= 4 is 26.7 Å². The molecule has 0 saturated carbocycles. The fourth-order valence-corrected chi connectivity index (χ4v) is 4.42. The van der Waals surface area contributed by atoms with Gasteiger partial charge in [-0.1, -0.05) is 63.2 Å². The minimum atomic E-state index is -3.77. The van der Waals surface area contributed by atoms with E-state index in [0.717, 1.165) is 20.8 Å². The summed E-state index contributed by atoms with van der Waals surface area (Å²) in [5, 5.41) is 4.49. The number of carbonyl (C=O) groups is 1. The summed E-state index contributed by atoms with van der Waals surface area (Å²) in [7, 11) is -2.37. The van der Waals surface area contributed by atoms with Gasteiger partial charge in [0.05, 0.1) is 18.0 Å². The second-order valence-electron chi connectivity index (χ2n) is 8.74. The van der Waals surface area contributed by atoms with Gasteiger partial charge in [-0.2, -0.15) is 4.31 Å². The first kappa shape index (κ1) is 23.8. The molecule has 3 rings (SSSR count). The Bertz CT molecular complexity index is 1180. The number of likely N-dealkylation sites (N-methyl/N-ethyl adjacent to an activating group) is 1. The Morgan fingerprint density at radius 3 is 2.28 bits per heavy atom. The topological polar surface area (TPSA) is 75.7 Å². The minimum absolute atomic E-state index is 0.0751. The first-order chi connectivity index (χ1) is 15.1. The Kier molecular flexibility index (Phi) is 7.21. The molecule has 0 spiro atoms. The summed E-state index contributed by atoms with van der Waals surface area (Å²) < 4.78 is 32.4. The number of hydrogen-bond acceptors (Lipinski definition) is 4. The molecule has 0 aliphatic heterocycles. The number of ether oxygens (including phenoxy) is 1. The third-order valence-corrected chi connectivity index (χ3v) is 7.01. The Labute approximate surface area is 190 Å². The second-order valence-corrected chi connectivity index (χ2v) is 10.8. The van der Waals surface area contributed by atoms with Crippen LogP contribution in [-0.2, 0) is 20.2 Å². The number of amides is 1. The van der Waals surface area contributed by atoms with Crippen LogP contribution in [0.1, 0.15) is 26.3 Å². The molecule has 0 bridgehead atoms. The predicted octanol–water partition coefficient (Wildman–Crippen LogP) is 3.95. The molecule has 0 radical (unpaired) electrons. The Hall–Kier alpha value is -2.90. The Morgan fingerprint density at radius 2 is 1.62 bits per heavy atom. The van der Waals surface area contributed by atoms with E-state index in [0.29, 0.717) is 6.61 Å². The molecule has 0 aliphatic rings. The Morgan fingerprint density at radius 1 is 0.969 bits per heavy atom. The van der Waals surface area contributed by atoms with Gasteiger partial charge >= 0.3 is 0 Å². The van der Waals surface area contributed by atoms with Gasteiger partial charge in [0, 0.05) is 7.05 Å². The summed E-state index contributed by atoms with van der Waals surface area (Å²) >= 11 is 0. The van der Waals surface area contributed by atoms with Crippen molar-refractivity contribution in [2.24, 2.45) is 0 Å². The lowest BCUT2D eigenvalue weighted by molar-refractivity contribution is -0.121. The molecule has 0 atom stereocenters. The third kappa shape index (κ3) is 5.87. The van der Waals surface area contributed by atoms with Crippen LogP contribution in [0.25, 0.3) is 10.8 Å². The molecule has 3 aromatic carbocycles. The lowest BCUT2D eigenvalue weighted by Crippen LogP contribution is -2.39. The van der Waals surface area contributed by atoms with Gasteiger partial charge in [0.2, 0.25) is 15.9 Å². The summed E-state index contributed by atoms with van der Waals surface area (Å²) in [6, 6.07) is 20.4. The van der Waals surface area contributed by atoms with E-state index in [1.807, 2.05) is 48.5 Å². The summed E-state index contributed by atoms with van der Waals surface area (Å²) in [4.78, 5) is 12.4. The van der Waals surface area contributed by atoms with Gasteiger partial charge in [0.15, 0.2) is 0 Å².